The lowest BCUT2D eigenvalue weighted by atomic mass is 9.94. The topological polar surface area (TPSA) is 72.3 Å². The molecule has 0 spiro atoms. The number of nitrogens with zero attached hydrogens (tertiary/aromatic N) is 1. The second-order valence-electron chi connectivity index (χ2n) is 5.49. The van der Waals surface area contributed by atoms with Crippen LogP contribution in [0, 0.1) is 5.92 Å². The molecule has 0 aliphatic carbocycles. The number of piperidine rings is 1. The summed E-state index contributed by atoms with van der Waals surface area (Å²) in [7, 11) is 0. The highest BCUT2D eigenvalue weighted by atomic mass is 35.5. The molecule has 1 aromatic rings. The van der Waals surface area contributed by atoms with Gasteiger partial charge in [0.2, 0.25) is 5.91 Å². The molecule has 0 saturated carbocycles. The van der Waals surface area contributed by atoms with E-state index in [0.29, 0.717) is 16.5 Å². The number of hydrogen-bond acceptors (Lipinski definition) is 3. The molecule has 1 unspecified atom stereocenters. The zero-order valence-corrected chi connectivity index (χ0v) is 12.4. The lowest BCUT2D eigenvalue weighted by Gasteiger charge is -2.32. The Labute approximate surface area is 125 Å². The average Bonchev–Trinajstić information content (AvgIpc) is 2.42. The molecule has 1 heterocycles. The van der Waals surface area contributed by atoms with E-state index in [9.17, 15) is 4.79 Å². The minimum atomic E-state index is -0.445. The van der Waals surface area contributed by atoms with Crippen molar-refractivity contribution in [3.05, 3.63) is 34.3 Å². The fraction of sp³-hybridized carbons (Fsp3) is 0.533. The van der Waals surface area contributed by atoms with Crippen LogP contribution in [-0.2, 0) is 6.54 Å². The number of benzene rings is 1. The van der Waals surface area contributed by atoms with Crippen molar-refractivity contribution in [3.8, 4) is 0 Å². The van der Waals surface area contributed by atoms with Crippen LogP contribution in [0.2, 0.25) is 5.02 Å². The maximum atomic E-state index is 11.1. The van der Waals surface area contributed by atoms with Crippen LogP contribution in [-0.4, -0.2) is 30.4 Å². The largest absolute Gasteiger partial charge is 0.366 e. The second kappa shape index (κ2) is 7.07. The van der Waals surface area contributed by atoms with E-state index in [0.717, 1.165) is 38.2 Å². The van der Waals surface area contributed by atoms with Gasteiger partial charge in [0.15, 0.2) is 0 Å². The standard InChI is InChI=1S/C15H22ClN3O/c16-14-8-12(15(18)20)3-4-13(14)10-19-7-1-2-11(9-19)5-6-17/h3-4,8,11H,1-2,5-7,9-10,17H2,(H2,18,20). The number of rotatable bonds is 5. The van der Waals surface area contributed by atoms with Crippen LogP contribution in [0.4, 0.5) is 0 Å². The van der Waals surface area contributed by atoms with Crippen molar-refractivity contribution >= 4 is 17.5 Å². The van der Waals surface area contributed by atoms with Gasteiger partial charge in [-0.15, -0.1) is 0 Å². The SMILES string of the molecule is NCCC1CCCN(Cc2ccc(C(N)=O)cc2Cl)C1. The van der Waals surface area contributed by atoms with Crippen LogP contribution in [0.25, 0.3) is 0 Å². The molecule has 1 fully saturated rings. The third-order valence-corrected chi connectivity index (χ3v) is 4.26. The lowest BCUT2D eigenvalue weighted by Crippen LogP contribution is -2.35. The molecule has 2 rings (SSSR count). The van der Waals surface area contributed by atoms with Crippen molar-refractivity contribution in [1.82, 2.24) is 4.90 Å². The average molecular weight is 296 g/mol. The summed E-state index contributed by atoms with van der Waals surface area (Å²) < 4.78 is 0. The van der Waals surface area contributed by atoms with E-state index in [4.69, 9.17) is 23.1 Å². The maximum Gasteiger partial charge on any atom is 0.248 e. The summed E-state index contributed by atoms with van der Waals surface area (Å²) in [4.78, 5) is 13.5. The Morgan fingerprint density at radius 1 is 1.45 bits per heavy atom. The Morgan fingerprint density at radius 3 is 2.90 bits per heavy atom. The molecule has 0 aromatic heterocycles. The molecular weight excluding hydrogens is 274 g/mol. The Morgan fingerprint density at radius 2 is 2.25 bits per heavy atom. The van der Waals surface area contributed by atoms with Gasteiger partial charge in [-0.25, -0.2) is 0 Å². The summed E-state index contributed by atoms with van der Waals surface area (Å²) in [5, 5.41) is 0.613. The van der Waals surface area contributed by atoms with E-state index in [1.165, 1.54) is 12.8 Å². The molecule has 110 valence electrons. The Hall–Kier alpha value is -1.10. The molecule has 1 aromatic carbocycles. The van der Waals surface area contributed by atoms with Crippen LogP contribution in [0.1, 0.15) is 35.2 Å². The molecule has 4 nitrogen and oxygen atoms in total. The quantitative estimate of drug-likeness (QED) is 0.873. The van der Waals surface area contributed by atoms with Crippen LogP contribution >= 0.6 is 11.6 Å². The molecule has 1 amide bonds. The minimum Gasteiger partial charge on any atom is -0.366 e. The Balaban J connectivity index is 2.00. The van der Waals surface area contributed by atoms with Gasteiger partial charge in [0.1, 0.15) is 0 Å². The predicted molar refractivity (Wildman–Crippen MR) is 81.6 cm³/mol. The number of nitrogens with two attached hydrogens (primary N) is 2. The molecule has 4 N–H and O–H groups in total. The van der Waals surface area contributed by atoms with Crippen LogP contribution in [0.3, 0.4) is 0 Å². The predicted octanol–water partition coefficient (Wildman–Crippen LogP) is 2.00. The van der Waals surface area contributed by atoms with Gasteiger partial charge in [-0.3, -0.25) is 9.69 Å². The first kappa shape index (κ1) is 15.3. The first-order valence-corrected chi connectivity index (χ1v) is 7.48. The second-order valence-corrected chi connectivity index (χ2v) is 5.90. The molecule has 1 aliphatic rings. The molecular formula is C15H22ClN3O. The van der Waals surface area contributed by atoms with Crippen LogP contribution < -0.4 is 11.5 Å². The highest BCUT2D eigenvalue weighted by molar-refractivity contribution is 6.31. The molecule has 20 heavy (non-hydrogen) atoms. The van der Waals surface area contributed by atoms with Gasteiger partial charge in [-0.05, 0) is 56.0 Å². The molecule has 1 atom stereocenters. The van der Waals surface area contributed by atoms with Gasteiger partial charge in [-0.1, -0.05) is 17.7 Å². The molecule has 1 aliphatic heterocycles. The summed E-state index contributed by atoms with van der Waals surface area (Å²) in [6.45, 7) is 3.74. The van der Waals surface area contributed by atoms with Crippen molar-refractivity contribution in [2.45, 2.75) is 25.8 Å². The fourth-order valence-electron chi connectivity index (χ4n) is 2.84. The molecule has 1 saturated heterocycles. The number of carbonyl (C=O) groups is 1. The third kappa shape index (κ3) is 3.95. The van der Waals surface area contributed by atoms with E-state index in [1.807, 2.05) is 6.07 Å². The van der Waals surface area contributed by atoms with E-state index < -0.39 is 5.91 Å². The number of carbonyl (C=O) groups excluding carboxylic acids is 1. The normalized spacial score (nSPS) is 20.0. The summed E-state index contributed by atoms with van der Waals surface area (Å²) in [6.07, 6.45) is 3.56. The van der Waals surface area contributed by atoms with Gasteiger partial charge in [0, 0.05) is 23.7 Å². The summed E-state index contributed by atoms with van der Waals surface area (Å²) in [6, 6.07) is 5.29. The van der Waals surface area contributed by atoms with E-state index in [1.54, 1.807) is 12.1 Å². The molecule has 5 heteroatoms. The number of likely N-dealkylation sites (tertiary alicyclic amines) is 1. The van der Waals surface area contributed by atoms with Crippen molar-refractivity contribution in [1.29, 1.82) is 0 Å². The monoisotopic (exact) mass is 295 g/mol. The highest BCUT2D eigenvalue weighted by Crippen LogP contribution is 2.24. The highest BCUT2D eigenvalue weighted by Gasteiger charge is 2.20. The van der Waals surface area contributed by atoms with Gasteiger partial charge < -0.3 is 11.5 Å². The minimum absolute atomic E-state index is 0.445. The van der Waals surface area contributed by atoms with Crippen molar-refractivity contribution < 1.29 is 4.79 Å². The van der Waals surface area contributed by atoms with Gasteiger partial charge in [-0.2, -0.15) is 0 Å². The van der Waals surface area contributed by atoms with Crippen LogP contribution in [0.5, 0.6) is 0 Å². The number of halogens is 1. The molecule has 0 bridgehead atoms. The van der Waals surface area contributed by atoms with Gasteiger partial charge in [0.25, 0.3) is 0 Å². The summed E-state index contributed by atoms with van der Waals surface area (Å²) >= 11 is 6.24. The summed E-state index contributed by atoms with van der Waals surface area (Å²) in [5.74, 6) is 0.247. The number of primary amides is 1. The first-order valence-electron chi connectivity index (χ1n) is 7.11. The van der Waals surface area contributed by atoms with Gasteiger partial charge in [0.05, 0.1) is 0 Å². The van der Waals surface area contributed by atoms with E-state index in [-0.39, 0.29) is 0 Å². The van der Waals surface area contributed by atoms with Crippen LogP contribution in [0.15, 0.2) is 18.2 Å². The number of hydrogen-bond donors (Lipinski definition) is 2. The zero-order valence-electron chi connectivity index (χ0n) is 11.6. The van der Waals surface area contributed by atoms with Gasteiger partial charge >= 0.3 is 0 Å². The maximum absolute atomic E-state index is 11.1. The zero-order chi connectivity index (χ0) is 14.5. The van der Waals surface area contributed by atoms with Crippen molar-refractivity contribution in [2.75, 3.05) is 19.6 Å². The lowest BCUT2D eigenvalue weighted by molar-refractivity contribution is 0.100. The smallest absolute Gasteiger partial charge is 0.248 e. The third-order valence-electron chi connectivity index (χ3n) is 3.91. The number of amides is 1. The Kier molecular flexibility index (Phi) is 5.40. The molecule has 0 radical (unpaired) electrons. The first-order chi connectivity index (χ1) is 9.60. The van der Waals surface area contributed by atoms with E-state index in [2.05, 4.69) is 4.90 Å². The van der Waals surface area contributed by atoms with Crippen molar-refractivity contribution in [3.63, 3.8) is 0 Å². The Bertz CT molecular complexity index is 476. The fourth-order valence-corrected chi connectivity index (χ4v) is 3.08. The van der Waals surface area contributed by atoms with Crippen molar-refractivity contribution in [2.24, 2.45) is 17.4 Å². The van der Waals surface area contributed by atoms with E-state index >= 15 is 0 Å². The summed E-state index contributed by atoms with van der Waals surface area (Å²) in [5.41, 5.74) is 12.4.